The van der Waals surface area contributed by atoms with Crippen LogP contribution in [0.5, 0.6) is 0 Å². The van der Waals surface area contributed by atoms with Gasteiger partial charge < -0.3 is 10.2 Å². The maximum Gasteiger partial charge on any atom is 0.341 e. The number of hydrogen-bond donors (Lipinski definition) is 3. The summed E-state index contributed by atoms with van der Waals surface area (Å²) in [6.07, 6.45) is 0.342. The van der Waals surface area contributed by atoms with E-state index in [4.69, 9.17) is 10.2 Å². The van der Waals surface area contributed by atoms with Crippen LogP contribution < -0.4 is 4.72 Å². The monoisotopic (exact) mass is 323 g/mol. The Kier molecular flexibility index (Phi) is 5.76. The van der Waals surface area contributed by atoms with Gasteiger partial charge in [-0.1, -0.05) is 6.92 Å². The van der Waals surface area contributed by atoms with Crippen molar-refractivity contribution in [1.29, 1.82) is 0 Å². The first-order valence-electron chi connectivity index (χ1n) is 6.02. The molecular formula is C12H15F2NO5S. The summed E-state index contributed by atoms with van der Waals surface area (Å²) < 4.78 is 53.0. The summed E-state index contributed by atoms with van der Waals surface area (Å²) in [5, 5.41) is 17.4. The topological polar surface area (TPSA) is 104 Å². The number of nitrogens with one attached hydrogen (secondary N) is 1. The van der Waals surface area contributed by atoms with Crippen molar-refractivity contribution in [3.05, 3.63) is 29.3 Å². The van der Waals surface area contributed by atoms with Crippen molar-refractivity contribution in [3.8, 4) is 0 Å². The predicted molar refractivity (Wildman–Crippen MR) is 69.4 cm³/mol. The zero-order chi connectivity index (χ0) is 16.2. The largest absolute Gasteiger partial charge is 0.477 e. The highest BCUT2D eigenvalue weighted by molar-refractivity contribution is 7.89. The number of aromatic carboxylic acids is 1. The highest BCUT2D eigenvalue weighted by atomic mass is 32.2. The third-order valence-electron chi connectivity index (χ3n) is 2.80. The molecule has 0 amide bonds. The summed E-state index contributed by atoms with van der Waals surface area (Å²) in [6.45, 7) is 1.47. The molecule has 9 heteroatoms. The van der Waals surface area contributed by atoms with Crippen LogP contribution in [0.3, 0.4) is 0 Å². The zero-order valence-electron chi connectivity index (χ0n) is 11.1. The van der Waals surface area contributed by atoms with E-state index in [2.05, 4.69) is 4.72 Å². The van der Waals surface area contributed by atoms with Crippen LogP contribution in [0.2, 0.25) is 0 Å². The van der Waals surface area contributed by atoms with Crippen LogP contribution in [0.1, 0.15) is 23.7 Å². The van der Waals surface area contributed by atoms with Crippen molar-refractivity contribution in [2.75, 3.05) is 13.2 Å². The molecule has 1 rings (SSSR count). The fourth-order valence-electron chi connectivity index (χ4n) is 1.59. The Bertz CT molecular complexity index is 633. The summed E-state index contributed by atoms with van der Waals surface area (Å²) in [5.74, 6) is -5.10. The molecule has 1 atom stereocenters. The normalized spacial score (nSPS) is 13.1. The van der Waals surface area contributed by atoms with Gasteiger partial charge in [-0.15, -0.1) is 0 Å². The van der Waals surface area contributed by atoms with Crippen LogP contribution >= 0.6 is 0 Å². The minimum Gasteiger partial charge on any atom is -0.477 e. The molecule has 0 aliphatic carbocycles. The molecule has 6 nitrogen and oxygen atoms in total. The molecule has 0 aliphatic heterocycles. The Morgan fingerprint density at radius 1 is 1.38 bits per heavy atom. The van der Waals surface area contributed by atoms with Crippen molar-refractivity contribution >= 4 is 16.0 Å². The molecule has 0 radical (unpaired) electrons. The van der Waals surface area contributed by atoms with Gasteiger partial charge in [-0.3, -0.25) is 0 Å². The quantitative estimate of drug-likeness (QED) is 0.693. The first-order valence-corrected chi connectivity index (χ1v) is 7.50. The highest BCUT2D eigenvalue weighted by Crippen LogP contribution is 2.21. The van der Waals surface area contributed by atoms with Crippen molar-refractivity contribution in [3.63, 3.8) is 0 Å². The van der Waals surface area contributed by atoms with Gasteiger partial charge in [0.2, 0.25) is 10.0 Å². The number of rotatable bonds is 7. The maximum absolute atomic E-state index is 13.9. The number of carbonyl (C=O) groups is 1. The van der Waals surface area contributed by atoms with Gasteiger partial charge in [0, 0.05) is 13.2 Å². The fourth-order valence-corrected chi connectivity index (χ4v) is 2.83. The van der Waals surface area contributed by atoms with E-state index in [-0.39, 0.29) is 19.1 Å². The van der Waals surface area contributed by atoms with Crippen molar-refractivity contribution in [1.82, 2.24) is 4.72 Å². The molecule has 1 aromatic rings. The van der Waals surface area contributed by atoms with E-state index >= 15 is 0 Å². The van der Waals surface area contributed by atoms with Gasteiger partial charge in [0.15, 0.2) is 5.82 Å². The van der Waals surface area contributed by atoms with Crippen LogP contribution in [-0.4, -0.2) is 37.8 Å². The van der Waals surface area contributed by atoms with Gasteiger partial charge in [0.25, 0.3) is 0 Å². The number of sulfonamides is 1. The van der Waals surface area contributed by atoms with Gasteiger partial charge in [-0.25, -0.2) is 26.7 Å². The first-order chi connectivity index (χ1) is 9.70. The van der Waals surface area contributed by atoms with Gasteiger partial charge >= 0.3 is 5.97 Å². The molecule has 0 fully saturated rings. The number of aliphatic hydroxyl groups excluding tert-OH is 1. The van der Waals surface area contributed by atoms with E-state index in [1.807, 2.05) is 0 Å². The molecule has 0 heterocycles. The standard InChI is InChI=1S/C12H15F2NO5S/c1-7(4-5-16)6-15-21(19,20)9-3-2-8(13)10(11(9)14)12(17)18/h2-3,7,15-16H,4-6H2,1H3,(H,17,18). The molecule has 3 N–H and O–H groups in total. The SMILES string of the molecule is CC(CCO)CNS(=O)(=O)c1ccc(F)c(C(=O)O)c1F. The van der Waals surface area contributed by atoms with E-state index in [0.717, 1.165) is 0 Å². The Morgan fingerprint density at radius 3 is 2.52 bits per heavy atom. The molecule has 0 spiro atoms. The second-order valence-electron chi connectivity index (χ2n) is 4.51. The maximum atomic E-state index is 13.9. The lowest BCUT2D eigenvalue weighted by Crippen LogP contribution is -2.30. The smallest absolute Gasteiger partial charge is 0.341 e. The summed E-state index contributed by atoms with van der Waals surface area (Å²) in [6, 6.07) is 1.24. The third kappa shape index (κ3) is 4.19. The minimum atomic E-state index is -4.31. The van der Waals surface area contributed by atoms with Gasteiger partial charge in [0.1, 0.15) is 16.3 Å². The van der Waals surface area contributed by atoms with E-state index in [1.165, 1.54) is 0 Å². The van der Waals surface area contributed by atoms with E-state index in [0.29, 0.717) is 18.6 Å². The highest BCUT2D eigenvalue weighted by Gasteiger charge is 2.27. The predicted octanol–water partition coefficient (Wildman–Crippen LogP) is 0.960. The Hall–Kier alpha value is -1.58. The van der Waals surface area contributed by atoms with Gasteiger partial charge in [-0.2, -0.15) is 0 Å². The Balaban J connectivity index is 3.10. The molecule has 0 aliphatic rings. The molecule has 21 heavy (non-hydrogen) atoms. The first kappa shape index (κ1) is 17.5. The molecule has 0 bridgehead atoms. The van der Waals surface area contributed by atoms with E-state index in [9.17, 15) is 22.0 Å². The average Bonchev–Trinajstić information content (AvgIpc) is 2.36. The zero-order valence-corrected chi connectivity index (χ0v) is 12.0. The van der Waals surface area contributed by atoms with E-state index < -0.39 is 38.1 Å². The lowest BCUT2D eigenvalue weighted by Gasteiger charge is -2.13. The molecule has 118 valence electrons. The molecule has 0 saturated carbocycles. The number of aliphatic hydroxyl groups is 1. The van der Waals surface area contributed by atoms with Crippen LogP contribution in [0.4, 0.5) is 8.78 Å². The van der Waals surface area contributed by atoms with Crippen LogP contribution in [-0.2, 0) is 10.0 Å². The second-order valence-corrected chi connectivity index (χ2v) is 6.24. The number of hydrogen-bond acceptors (Lipinski definition) is 4. The molecular weight excluding hydrogens is 308 g/mol. The van der Waals surface area contributed by atoms with Crippen LogP contribution in [0, 0.1) is 17.6 Å². The summed E-state index contributed by atoms with van der Waals surface area (Å²) in [5.41, 5.74) is -1.32. The van der Waals surface area contributed by atoms with Gasteiger partial charge in [-0.05, 0) is 24.5 Å². The van der Waals surface area contributed by atoms with Crippen molar-refractivity contribution < 1.29 is 32.2 Å². The lowest BCUT2D eigenvalue weighted by molar-refractivity contribution is 0.0685. The summed E-state index contributed by atoms with van der Waals surface area (Å²) in [7, 11) is -4.31. The summed E-state index contributed by atoms with van der Waals surface area (Å²) in [4.78, 5) is 9.82. The molecule has 1 unspecified atom stereocenters. The number of carboxylic acids is 1. The lowest BCUT2D eigenvalue weighted by atomic mass is 10.1. The van der Waals surface area contributed by atoms with Gasteiger partial charge in [0.05, 0.1) is 0 Å². The van der Waals surface area contributed by atoms with Crippen molar-refractivity contribution in [2.24, 2.45) is 5.92 Å². The van der Waals surface area contributed by atoms with Crippen LogP contribution in [0.15, 0.2) is 17.0 Å². The molecule has 0 aromatic heterocycles. The van der Waals surface area contributed by atoms with Crippen LogP contribution in [0.25, 0.3) is 0 Å². The van der Waals surface area contributed by atoms with Crippen molar-refractivity contribution in [2.45, 2.75) is 18.2 Å². The third-order valence-corrected chi connectivity index (χ3v) is 4.24. The average molecular weight is 323 g/mol. The second kappa shape index (κ2) is 6.92. The summed E-state index contributed by atoms with van der Waals surface area (Å²) >= 11 is 0. The molecule has 1 aromatic carbocycles. The van der Waals surface area contributed by atoms with E-state index in [1.54, 1.807) is 6.92 Å². The number of halogens is 2. The fraction of sp³-hybridized carbons (Fsp3) is 0.417. The Labute approximate surface area is 120 Å². The minimum absolute atomic E-state index is 0.0673. The number of carboxylic acid groups (broad SMARTS) is 1. The number of benzene rings is 1. The molecule has 0 saturated heterocycles. The Morgan fingerprint density at radius 2 is 2.00 bits per heavy atom.